The number of hydrogen-bond acceptors (Lipinski definition) is 7. The summed E-state index contributed by atoms with van der Waals surface area (Å²) in [7, 11) is 0. The highest BCUT2D eigenvalue weighted by Gasteiger charge is 2.31. The van der Waals surface area contributed by atoms with Gasteiger partial charge >= 0.3 is 5.97 Å². The second-order valence-electron chi connectivity index (χ2n) is 9.19. The average Bonchev–Trinajstić information content (AvgIpc) is 2.82. The summed E-state index contributed by atoms with van der Waals surface area (Å²) in [5, 5.41) is 20.6. The summed E-state index contributed by atoms with van der Waals surface area (Å²) in [6, 6.07) is 20.2. The molecule has 0 spiro atoms. The second kappa shape index (κ2) is 8.95. The fourth-order valence-electron chi connectivity index (χ4n) is 3.90. The number of rotatable bonds is 4. The molecule has 1 atom stereocenters. The molecule has 0 radical (unpaired) electrons. The maximum Gasteiger partial charge on any atom is 0.343 e. The minimum Gasteiger partial charge on any atom is -0.440 e. The molecule has 0 bridgehead atoms. The van der Waals surface area contributed by atoms with Gasteiger partial charge in [-0.25, -0.2) is 4.79 Å². The van der Waals surface area contributed by atoms with E-state index in [2.05, 4.69) is 26.8 Å². The number of esters is 1. The van der Waals surface area contributed by atoms with E-state index in [0.29, 0.717) is 11.3 Å². The van der Waals surface area contributed by atoms with E-state index in [9.17, 15) is 20.2 Å². The summed E-state index contributed by atoms with van der Waals surface area (Å²) in [6.45, 7) is 6.39. The van der Waals surface area contributed by atoms with Crippen molar-refractivity contribution in [2.75, 3.05) is 0 Å². The zero-order valence-electron chi connectivity index (χ0n) is 19.4. The highest BCUT2D eigenvalue weighted by molar-refractivity contribution is 5.91. The van der Waals surface area contributed by atoms with Gasteiger partial charge in [-0.15, -0.1) is 0 Å². The molecule has 0 aliphatic carbocycles. The minimum absolute atomic E-state index is 0.0104. The van der Waals surface area contributed by atoms with Crippen molar-refractivity contribution in [3.63, 3.8) is 0 Å². The Labute approximate surface area is 202 Å². The maximum atomic E-state index is 12.5. The van der Waals surface area contributed by atoms with Gasteiger partial charge in [0.1, 0.15) is 23.1 Å². The number of nitrogens with two attached hydrogens (primary N) is 1. The topological polar surface area (TPSA) is 128 Å². The van der Waals surface area contributed by atoms with Crippen LogP contribution in [0, 0.1) is 21.4 Å². The van der Waals surface area contributed by atoms with Crippen molar-refractivity contribution in [1.82, 2.24) is 0 Å². The molecular weight excluding hydrogens is 446 g/mol. The van der Waals surface area contributed by atoms with E-state index >= 15 is 0 Å². The number of nitriles is 1. The Morgan fingerprint density at radius 2 is 1.74 bits per heavy atom. The third-order valence-corrected chi connectivity index (χ3v) is 5.82. The van der Waals surface area contributed by atoms with Crippen LogP contribution in [0.4, 0.5) is 5.69 Å². The van der Waals surface area contributed by atoms with Crippen LogP contribution in [-0.4, -0.2) is 10.9 Å². The number of nitro benzene ring substituents is 1. The van der Waals surface area contributed by atoms with E-state index in [0.717, 1.165) is 16.7 Å². The van der Waals surface area contributed by atoms with Crippen LogP contribution in [0.5, 0.6) is 11.5 Å². The first-order valence-electron chi connectivity index (χ1n) is 10.9. The van der Waals surface area contributed by atoms with Crippen LogP contribution in [0.3, 0.4) is 0 Å². The van der Waals surface area contributed by atoms with Gasteiger partial charge < -0.3 is 15.2 Å². The molecule has 1 heterocycles. The Bertz CT molecular complexity index is 1380. The quantitative estimate of drug-likeness (QED) is 0.237. The first-order chi connectivity index (χ1) is 16.6. The molecule has 3 aromatic rings. The summed E-state index contributed by atoms with van der Waals surface area (Å²) in [6.07, 6.45) is 0. The number of carbonyl (C=O) groups excluding carboxylic acids is 1. The normalized spacial score (nSPS) is 15.0. The van der Waals surface area contributed by atoms with Crippen molar-refractivity contribution >= 4 is 11.7 Å². The number of hydrogen-bond donors (Lipinski definition) is 1. The molecule has 1 aliphatic rings. The lowest BCUT2D eigenvalue weighted by Crippen LogP contribution is -2.21. The van der Waals surface area contributed by atoms with Gasteiger partial charge in [0, 0.05) is 23.8 Å². The predicted molar refractivity (Wildman–Crippen MR) is 129 cm³/mol. The number of ether oxygens (including phenoxy) is 2. The van der Waals surface area contributed by atoms with Crippen molar-refractivity contribution in [2.24, 2.45) is 5.73 Å². The summed E-state index contributed by atoms with van der Waals surface area (Å²) in [4.78, 5) is 22.8. The third kappa shape index (κ3) is 4.70. The Balaban J connectivity index is 1.64. The molecule has 4 rings (SSSR count). The van der Waals surface area contributed by atoms with Gasteiger partial charge in [-0.3, -0.25) is 10.1 Å². The lowest BCUT2D eigenvalue weighted by molar-refractivity contribution is -0.384. The number of nitro groups is 1. The molecule has 8 heteroatoms. The van der Waals surface area contributed by atoms with Gasteiger partial charge in [-0.2, -0.15) is 5.26 Å². The Hall–Kier alpha value is -4.64. The maximum absolute atomic E-state index is 12.5. The molecule has 3 aromatic carbocycles. The highest BCUT2D eigenvalue weighted by atomic mass is 16.6. The van der Waals surface area contributed by atoms with E-state index in [4.69, 9.17) is 15.2 Å². The second-order valence-corrected chi connectivity index (χ2v) is 9.19. The fourth-order valence-corrected chi connectivity index (χ4v) is 3.90. The number of carbonyl (C=O) groups is 1. The zero-order chi connectivity index (χ0) is 25.3. The molecule has 0 fully saturated rings. The predicted octanol–water partition coefficient (Wildman–Crippen LogP) is 5.33. The number of fused-ring (bicyclic) bond motifs is 1. The molecule has 0 aromatic heterocycles. The van der Waals surface area contributed by atoms with Gasteiger partial charge in [0.05, 0.1) is 16.4 Å². The molecule has 1 aliphatic heterocycles. The van der Waals surface area contributed by atoms with Crippen LogP contribution < -0.4 is 15.2 Å². The SMILES string of the molecule is CC(C)(C)c1ccc(C2C(C#N)=C(N)Oc3cc(OC(=O)c4ccc([N+](=O)[O-])cc4)ccc32)cc1. The summed E-state index contributed by atoms with van der Waals surface area (Å²) >= 11 is 0. The molecular formula is C27H23N3O5. The number of allylic oxidation sites excluding steroid dienone is 1. The van der Waals surface area contributed by atoms with Crippen LogP contribution in [0.2, 0.25) is 0 Å². The Morgan fingerprint density at radius 1 is 1.09 bits per heavy atom. The van der Waals surface area contributed by atoms with Crippen molar-refractivity contribution in [2.45, 2.75) is 32.1 Å². The third-order valence-electron chi connectivity index (χ3n) is 5.82. The largest absolute Gasteiger partial charge is 0.440 e. The summed E-state index contributed by atoms with van der Waals surface area (Å²) in [5.74, 6) is -0.533. The van der Waals surface area contributed by atoms with E-state index < -0.39 is 16.8 Å². The minimum atomic E-state index is -0.675. The molecule has 35 heavy (non-hydrogen) atoms. The molecule has 1 unspecified atom stereocenters. The molecule has 0 amide bonds. The van der Waals surface area contributed by atoms with Gasteiger partial charge in [-0.1, -0.05) is 51.1 Å². The van der Waals surface area contributed by atoms with Crippen LogP contribution in [0.25, 0.3) is 0 Å². The smallest absolute Gasteiger partial charge is 0.343 e. The standard InChI is InChI=1S/C27H23N3O5/c1-27(2,3)18-8-4-16(5-9-18)24-21-13-12-20(14-23(21)35-25(29)22(24)15-28)34-26(31)17-6-10-19(11-7-17)30(32)33/h4-14,24H,29H2,1-3H3. The van der Waals surface area contributed by atoms with E-state index in [1.54, 1.807) is 12.1 Å². The summed E-state index contributed by atoms with van der Waals surface area (Å²) < 4.78 is 11.1. The van der Waals surface area contributed by atoms with E-state index in [1.165, 1.54) is 30.3 Å². The molecule has 0 saturated heterocycles. The molecule has 2 N–H and O–H groups in total. The molecule has 176 valence electrons. The lowest BCUT2D eigenvalue weighted by Gasteiger charge is -2.27. The molecule has 8 nitrogen and oxygen atoms in total. The Morgan fingerprint density at radius 3 is 2.31 bits per heavy atom. The monoisotopic (exact) mass is 469 g/mol. The lowest BCUT2D eigenvalue weighted by atomic mass is 9.81. The molecule has 0 saturated carbocycles. The fraction of sp³-hybridized carbons (Fsp3) is 0.185. The summed E-state index contributed by atoms with van der Waals surface area (Å²) in [5.41, 5.74) is 9.18. The van der Waals surface area contributed by atoms with Gasteiger partial charge in [0.15, 0.2) is 0 Å². The van der Waals surface area contributed by atoms with Crippen molar-refractivity contribution in [3.05, 3.63) is 111 Å². The van der Waals surface area contributed by atoms with Crippen molar-refractivity contribution in [3.8, 4) is 17.6 Å². The van der Waals surface area contributed by atoms with Gasteiger partial charge in [0.25, 0.3) is 5.69 Å². The van der Waals surface area contributed by atoms with Crippen LogP contribution in [-0.2, 0) is 5.41 Å². The first kappa shape index (κ1) is 23.5. The number of nitrogens with zero attached hydrogens (tertiary/aromatic N) is 2. The number of non-ortho nitro benzene ring substituents is 1. The van der Waals surface area contributed by atoms with Crippen molar-refractivity contribution in [1.29, 1.82) is 5.26 Å². The van der Waals surface area contributed by atoms with Crippen LogP contribution in [0.1, 0.15) is 53.7 Å². The zero-order valence-corrected chi connectivity index (χ0v) is 19.4. The first-order valence-corrected chi connectivity index (χ1v) is 10.9. The van der Waals surface area contributed by atoms with Crippen molar-refractivity contribution < 1.29 is 19.2 Å². The van der Waals surface area contributed by atoms with Gasteiger partial charge in [-0.05, 0) is 34.7 Å². The van der Waals surface area contributed by atoms with E-state index in [-0.39, 0.29) is 28.3 Å². The highest BCUT2D eigenvalue weighted by Crippen LogP contribution is 2.43. The number of benzene rings is 3. The van der Waals surface area contributed by atoms with Gasteiger partial charge in [0.2, 0.25) is 5.88 Å². The van der Waals surface area contributed by atoms with E-state index in [1.807, 2.05) is 24.3 Å². The van der Waals surface area contributed by atoms with Crippen LogP contribution in [0.15, 0.2) is 78.2 Å². The average molecular weight is 469 g/mol. The Kier molecular flexibility index (Phi) is 6.01. The van der Waals surface area contributed by atoms with Crippen LogP contribution >= 0.6 is 0 Å².